The van der Waals surface area contributed by atoms with Gasteiger partial charge in [0.15, 0.2) is 23.8 Å². The summed E-state index contributed by atoms with van der Waals surface area (Å²) in [6.07, 6.45) is 3.26. The Morgan fingerprint density at radius 3 is 2.67 bits per heavy atom. The lowest BCUT2D eigenvalue weighted by molar-refractivity contribution is 0.268. The second kappa shape index (κ2) is 10.3. The van der Waals surface area contributed by atoms with E-state index in [1.807, 2.05) is 24.3 Å². The van der Waals surface area contributed by atoms with Crippen molar-refractivity contribution in [2.45, 2.75) is 39.5 Å². The molecule has 3 aliphatic rings. The zero-order valence-electron chi connectivity index (χ0n) is 20.9. The van der Waals surface area contributed by atoms with Gasteiger partial charge in [0, 0.05) is 36.9 Å². The molecule has 5 rings (SSSR count). The Kier molecular flexibility index (Phi) is 7.07. The van der Waals surface area contributed by atoms with Gasteiger partial charge < -0.3 is 23.7 Å². The molecule has 0 radical (unpaired) electrons. The van der Waals surface area contributed by atoms with Crippen LogP contribution in [0.5, 0.6) is 23.0 Å². The smallest absolute Gasteiger partial charge is 0.246 e. The molecule has 2 aromatic carbocycles. The predicted octanol–water partition coefficient (Wildman–Crippen LogP) is 2.59. The Hall–Kier alpha value is -2.85. The average molecular weight is 516 g/mol. The van der Waals surface area contributed by atoms with Gasteiger partial charge in [-0.1, -0.05) is 13.8 Å². The van der Waals surface area contributed by atoms with E-state index in [9.17, 15) is 13.0 Å². The van der Waals surface area contributed by atoms with Crippen molar-refractivity contribution in [2.75, 3.05) is 50.0 Å². The van der Waals surface area contributed by atoms with E-state index in [1.165, 1.54) is 6.42 Å². The van der Waals surface area contributed by atoms with Crippen LogP contribution < -0.4 is 34.4 Å². The summed E-state index contributed by atoms with van der Waals surface area (Å²) >= 11 is 0. The average Bonchev–Trinajstić information content (AvgIpc) is 2.82. The molecule has 194 valence electrons. The predicted molar refractivity (Wildman–Crippen MR) is 135 cm³/mol. The molecule has 0 bridgehead atoms. The highest BCUT2D eigenvalue weighted by Gasteiger charge is 2.26. The summed E-state index contributed by atoms with van der Waals surface area (Å²) in [7, 11) is -4.19. The van der Waals surface area contributed by atoms with Crippen molar-refractivity contribution in [3.05, 3.63) is 35.0 Å². The number of fused-ring (bicyclic) bond motifs is 4. The molecule has 0 N–H and O–H groups in total. The van der Waals surface area contributed by atoms with Gasteiger partial charge in [0.2, 0.25) is 5.36 Å². The number of nitrogens with zero attached hydrogens (tertiary/aromatic N) is 3. The molecule has 36 heavy (non-hydrogen) atoms. The Labute approximate surface area is 211 Å². The lowest BCUT2D eigenvalue weighted by atomic mass is 10.1. The van der Waals surface area contributed by atoms with Gasteiger partial charge in [-0.3, -0.25) is 0 Å². The third-order valence-electron chi connectivity index (χ3n) is 6.74. The van der Waals surface area contributed by atoms with Crippen LogP contribution in [-0.2, 0) is 10.1 Å². The number of benzene rings is 2. The molecule has 0 aliphatic carbocycles. The summed E-state index contributed by atoms with van der Waals surface area (Å²) < 4.78 is 53.3. The van der Waals surface area contributed by atoms with Gasteiger partial charge in [-0.15, -0.1) is 0 Å². The molecule has 0 unspecified atom stereocenters. The first kappa shape index (κ1) is 24.8. The van der Waals surface area contributed by atoms with Crippen molar-refractivity contribution >= 4 is 21.5 Å². The van der Waals surface area contributed by atoms with Crippen molar-refractivity contribution in [2.24, 2.45) is 10.9 Å². The van der Waals surface area contributed by atoms with Gasteiger partial charge >= 0.3 is 0 Å². The van der Waals surface area contributed by atoms with Crippen molar-refractivity contribution in [3.8, 4) is 23.0 Å². The van der Waals surface area contributed by atoms with E-state index in [4.69, 9.17) is 19.2 Å². The number of rotatable bonds is 9. The number of hydrogen-bond acceptors (Lipinski definition) is 8. The van der Waals surface area contributed by atoms with Crippen molar-refractivity contribution in [1.82, 2.24) is 4.58 Å². The van der Waals surface area contributed by atoms with Crippen molar-refractivity contribution in [1.29, 1.82) is 0 Å². The summed E-state index contributed by atoms with van der Waals surface area (Å²) in [6, 6.07) is 7.82. The monoisotopic (exact) mass is 515 g/mol. The molecule has 0 saturated carbocycles. The minimum absolute atomic E-state index is 0.337. The summed E-state index contributed by atoms with van der Waals surface area (Å²) in [5.74, 6) is 3.25. The van der Waals surface area contributed by atoms with Gasteiger partial charge in [-0.05, 0) is 25.2 Å². The Balaban J connectivity index is 1.41. The van der Waals surface area contributed by atoms with Crippen LogP contribution in [-0.4, -0.2) is 58.1 Å². The third-order valence-corrected chi connectivity index (χ3v) is 7.53. The van der Waals surface area contributed by atoms with E-state index < -0.39 is 10.1 Å². The molecule has 0 spiro atoms. The quantitative estimate of drug-likeness (QED) is 0.245. The minimum Gasteiger partial charge on any atom is -0.748 e. The largest absolute Gasteiger partial charge is 0.748 e. The van der Waals surface area contributed by atoms with Crippen molar-refractivity contribution in [3.63, 3.8) is 0 Å². The molecule has 0 saturated heterocycles. The van der Waals surface area contributed by atoms with Crippen LogP contribution in [0.2, 0.25) is 0 Å². The summed E-state index contributed by atoms with van der Waals surface area (Å²) in [6.45, 7) is 8.82. The van der Waals surface area contributed by atoms with Crippen LogP contribution in [0.1, 0.15) is 39.5 Å². The van der Waals surface area contributed by atoms with E-state index in [1.54, 1.807) is 0 Å². The molecule has 0 amide bonds. The topological polar surface area (TPSA) is 104 Å². The second-order valence-corrected chi connectivity index (χ2v) is 11.5. The fraction of sp³-hybridized carbons (Fsp3) is 0.538. The van der Waals surface area contributed by atoms with E-state index in [0.29, 0.717) is 62.2 Å². The lowest BCUT2D eigenvalue weighted by Crippen LogP contribution is -2.40. The Morgan fingerprint density at radius 1 is 1.03 bits per heavy atom. The maximum Gasteiger partial charge on any atom is 0.246 e. The van der Waals surface area contributed by atoms with Crippen LogP contribution in [0, 0.1) is 5.92 Å². The highest BCUT2D eigenvalue weighted by Crippen LogP contribution is 2.44. The van der Waals surface area contributed by atoms with Gasteiger partial charge in [0.1, 0.15) is 36.6 Å². The van der Waals surface area contributed by atoms with E-state index in [-0.39, 0.29) is 5.75 Å². The summed E-state index contributed by atoms with van der Waals surface area (Å²) in [4.78, 5) is 6.99. The molecular formula is C26H33N3O6S. The first-order chi connectivity index (χ1) is 17.3. The molecule has 2 aromatic rings. The first-order valence-electron chi connectivity index (χ1n) is 12.7. The molecular weight excluding hydrogens is 482 g/mol. The number of unbranched alkanes of at least 4 members (excludes halogenated alkanes) is 1. The minimum atomic E-state index is -4.19. The normalized spacial score (nSPS) is 16.1. The third kappa shape index (κ3) is 5.59. The number of anilines is 1. The maximum absolute atomic E-state index is 10.9. The Morgan fingerprint density at radius 2 is 1.86 bits per heavy atom. The highest BCUT2D eigenvalue weighted by atomic mass is 32.2. The fourth-order valence-corrected chi connectivity index (χ4v) is 5.46. The molecule has 3 heterocycles. The molecule has 0 fully saturated rings. The highest BCUT2D eigenvalue weighted by molar-refractivity contribution is 7.85. The van der Waals surface area contributed by atoms with Crippen LogP contribution in [0.15, 0.2) is 29.3 Å². The summed E-state index contributed by atoms with van der Waals surface area (Å²) in [5.41, 5.74) is 1.59. The number of hydrogen-bond donors (Lipinski definition) is 0. The van der Waals surface area contributed by atoms with Gasteiger partial charge in [0.05, 0.1) is 28.4 Å². The van der Waals surface area contributed by atoms with E-state index in [0.717, 1.165) is 47.4 Å². The standard InChI is InChI=1S/C26H33N3O6S/c1-18(2)6-5-8-29-10-12-34-26-15-20-24(17-22(26)29)35-23-16-21-25(14-19(23)27-20)33-11-9-28(21)7-3-4-13-36(30,31)32/h14-18H,3-13H2,1-2H3. The van der Waals surface area contributed by atoms with E-state index >= 15 is 0 Å². The molecule has 10 heteroatoms. The SMILES string of the molecule is CC(C)CCC[N+]1=c2cc3c(cc2OCC1)=Nc1cc2c(cc1O3)N(CCCCS(=O)(=O)[O-])CCO2. The Bertz CT molecular complexity index is 1370. The number of ether oxygens (including phenoxy) is 3. The molecule has 3 aliphatic heterocycles. The molecule has 9 nitrogen and oxygen atoms in total. The van der Waals surface area contributed by atoms with Crippen LogP contribution in [0.25, 0.3) is 0 Å². The maximum atomic E-state index is 10.9. The first-order valence-corrected chi connectivity index (χ1v) is 14.3. The van der Waals surface area contributed by atoms with Crippen LogP contribution in [0.4, 0.5) is 11.4 Å². The lowest BCUT2D eigenvalue weighted by Gasteiger charge is -2.32. The van der Waals surface area contributed by atoms with Gasteiger partial charge in [0.25, 0.3) is 0 Å². The van der Waals surface area contributed by atoms with Gasteiger partial charge in [-0.2, -0.15) is 0 Å². The molecule has 0 aromatic heterocycles. The zero-order chi connectivity index (χ0) is 25.3. The van der Waals surface area contributed by atoms with Crippen LogP contribution in [0.3, 0.4) is 0 Å². The zero-order valence-corrected chi connectivity index (χ0v) is 21.7. The molecule has 0 atom stereocenters. The van der Waals surface area contributed by atoms with Crippen LogP contribution >= 0.6 is 0 Å². The summed E-state index contributed by atoms with van der Waals surface area (Å²) in [5, 5.41) is 1.77. The van der Waals surface area contributed by atoms with E-state index in [2.05, 4.69) is 23.3 Å². The fourth-order valence-electron chi connectivity index (χ4n) is 4.90. The van der Waals surface area contributed by atoms with Crippen molar-refractivity contribution < 1.29 is 27.2 Å². The second-order valence-electron chi connectivity index (χ2n) is 9.97. The van der Waals surface area contributed by atoms with Gasteiger partial charge in [-0.25, -0.2) is 18.0 Å².